The zero-order valence-corrected chi connectivity index (χ0v) is 14.3. The maximum absolute atomic E-state index is 12.0. The number of nitrogens with one attached hydrogen (secondary N) is 2. The lowest BCUT2D eigenvalue weighted by atomic mass is 10.1. The van der Waals surface area contributed by atoms with Crippen LogP contribution in [0.4, 0.5) is 5.69 Å². The van der Waals surface area contributed by atoms with Crippen molar-refractivity contribution in [1.29, 1.82) is 0 Å². The molecule has 1 aliphatic heterocycles. The van der Waals surface area contributed by atoms with Gasteiger partial charge in [0.2, 0.25) is 0 Å². The summed E-state index contributed by atoms with van der Waals surface area (Å²) in [4.78, 5) is 24.0. The van der Waals surface area contributed by atoms with Crippen LogP contribution in [0.1, 0.15) is 43.5 Å². The van der Waals surface area contributed by atoms with E-state index in [1.54, 1.807) is 24.3 Å². The quantitative estimate of drug-likeness (QED) is 0.716. The van der Waals surface area contributed by atoms with E-state index in [2.05, 4.69) is 10.6 Å². The molecule has 0 bridgehead atoms. The third-order valence-electron chi connectivity index (χ3n) is 3.69. The molecule has 1 atom stereocenters. The van der Waals surface area contributed by atoms with Gasteiger partial charge in [-0.2, -0.15) is 0 Å². The topological polar surface area (TPSA) is 76.7 Å². The maximum Gasteiger partial charge on any atom is 0.253 e. The lowest BCUT2D eigenvalue weighted by molar-refractivity contribution is -0.124. The average molecular weight is 334 g/mol. The van der Waals surface area contributed by atoms with Gasteiger partial charge in [-0.3, -0.25) is 9.59 Å². The molecule has 2 amide bonds. The molecule has 1 aromatic rings. The first kappa shape index (κ1) is 18.4. The highest BCUT2D eigenvalue weighted by atomic mass is 16.5. The van der Waals surface area contributed by atoms with Crippen LogP contribution in [0.2, 0.25) is 0 Å². The van der Waals surface area contributed by atoms with Crippen LogP contribution in [0, 0.1) is 0 Å². The largest absolute Gasteiger partial charge is 0.379 e. The van der Waals surface area contributed by atoms with Gasteiger partial charge in [0.15, 0.2) is 0 Å². The summed E-state index contributed by atoms with van der Waals surface area (Å²) in [7, 11) is 0. The zero-order valence-electron chi connectivity index (χ0n) is 14.3. The van der Waals surface area contributed by atoms with Crippen molar-refractivity contribution in [2.45, 2.75) is 45.3 Å². The average Bonchev–Trinajstić information content (AvgIpc) is 3.09. The van der Waals surface area contributed by atoms with Crippen molar-refractivity contribution in [3.05, 3.63) is 29.8 Å². The molecular formula is C18H26N2O4. The first-order chi connectivity index (χ1) is 11.6. The van der Waals surface area contributed by atoms with E-state index < -0.39 is 0 Å². The Kier molecular flexibility index (Phi) is 7.21. The molecule has 1 fully saturated rings. The molecule has 0 aliphatic carbocycles. The molecule has 2 rings (SSSR count). The number of benzene rings is 1. The third-order valence-corrected chi connectivity index (χ3v) is 3.69. The van der Waals surface area contributed by atoms with Crippen LogP contribution in [0.15, 0.2) is 24.3 Å². The Hall–Kier alpha value is -1.92. The predicted octanol–water partition coefficient (Wildman–Crippen LogP) is 2.35. The fourth-order valence-electron chi connectivity index (χ4n) is 2.41. The van der Waals surface area contributed by atoms with E-state index in [4.69, 9.17) is 9.47 Å². The van der Waals surface area contributed by atoms with Crippen molar-refractivity contribution in [2.24, 2.45) is 0 Å². The van der Waals surface area contributed by atoms with Gasteiger partial charge >= 0.3 is 0 Å². The zero-order chi connectivity index (χ0) is 17.4. The van der Waals surface area contributed by atoms with Crippen molar-refractivity contribution in [3.8, 4) is 0 Å². The Morgan fingerprint density at radius 3 is 2.67 bits per heavy atom. The number of carbonyl (C=O) groups is 2. The Bertz CT molecular complexity index is 536. The monoisotopic (exact) mass is 334 g/mol. The summed E-state index contributed by atoms with van der Waals surface area (Å²) in [6, 6.07) is 6.85. The van der Waals surface area contributed by atoms with E-state index in [0.717, 1.165) is 19.3 Å². The number of hydrogen-bond acceptors (Lipinski definition) is 4. The maximum atomic E-state index is 12.0. The number of amides is 2. The standard InChI is InChI=1S/C18H26N2O4/c1-13(2)23-12-4-10-19-17(21)14-6-8-15(9-7-14)20-18(22)16-5-3-11-24-16/h6-9,13,16H,3-5,10-12H2,1-2H3,(H,19,21)(H,20,22)/t16-/m1/s1. The lowest BCUT2D eigenvalue weighted by Crippen LogP contribution is -2.27. The number of ether oxygens (including phenoxy) is 2. The highest BCUT2D eigenvalue weighted by Gasteiger charge is 2.23. The molecule has 0 radical (unpaired) electrons. The van der Waals surface area contributed by atoms with Gasteiger partial charge in [-0.1, -0.05) is 0 Å². The van der Waals surface area contributed by atoms with Crippen LogP contribution in [-0.4, -0.2) is 43.8 Å². The van der Waals surface area contributed by atoms with Crippen LogP contribution in [0.25, 0.3) is 0 Å². The molecule has 2 N–H and O–H groups in total. The van der Waals surface area contributed by atoms with Crippen molar-refractivity contribution < 1.29 is 19.1 Å². The number of rotatable bonds is 8. The molecular weight excluding hydrogens is 308 g/mol. The molecule has 0 spiro atoms. The molecule has 1 saturated heterocycles. The summed E-state index contributed by atoms with van der Waals surface area (Å²) in [6.07, 6.45) is 2.30. The minimum atomic E-state index is -0.360. The minimum Gasteiger partial charge on any atom is -0.379 e. The van der Waals surface area contributed by atoms with Gasteiger partial charge in [0.25, 0.3) is 11.8 Å². The summed E-state index contributed by atoms with van der Waals surface area (Å²) in [6.45, 7) is 5.81. The molecule has 0 saturated carbocycles. The van der Waals surface area contributed by atoms with Crippen LogP contribution < -0.4 is 10.6 Å². The van der Waals surface area contributed by atoms with E-state index in [-0.39, 0.29) is 24.0 Å². The molecule has 6 nitrogen and oxygen atoms in total. The number of hydrogen-bond donors (Lipinski definition) is 2. The SMILES string of the molecule is CC(C)OCCCNC(=O)c1ccc(NC(=O)[C@H]2CCCO2)cc1. The molecule has 1 aliphatic rings. The second-order valence-electron chi connectivity index (χ2n) is 6.10. The van der Waals surface area contributed by atoms with Crippen molar-refractivity contribution in [3.63, 3.8) is 0 Å². The molecule has 24 heavy (non-hydrogen) atoms. The highest BCUT2D eigenvalue weighted by Crippen LogP contribution is 2.15. The van der Waals surface area contributed by atoms with Gasteiger partial charge in [-0.15, -0.1) is 0 Å². The van der Waals surface area contributed by atoms with E-state index >= 15 is 0 Å². The third kappa shape index (κ3) is 5.94. The van der Waals surface area contributed by atoms with Crippen LogP contribution in [0.3, 0.4) is 0 Å². The first-order valence-corrected chi connectivity index (χ1v) is 8.48. The van der Waals surface area contributed by atoms with Gasteiger partial charge in [0, 0.05) is 31.0 Å². The van der Waals surface area contributed by atoms with Gasteiger partial charge in [-0.05, 0) is 57.4 Å². The Morgan fingerprint density at radius 1 is 1.29 bits per heavy atom. The summed E-state index contributed by atoms with van der Waals surface area (Å²) in [5.41, 5.74) is 1.23. The van der Waals surface area contributed by atoms with Crippen molar-refractivity contribution in [1.82, 2.24) is 5.32 Å². The van der Waals surface area contributed by atoms with Gasteiger partial charge in [-0.25, -0.2) is 0 Å². The molecule has 6 heteroatoms. The molecule has 132 valence electrons. The predicted molar refractivity (Wildman–Crippen MR) is 92.1 cm³/mol. The molecule has 0 unspecified atom stereocenters. The fraction of sp³-hybridized carbons (Fsp3) is 0.556. The van der Waals surface area contributed by atoms with Crippen LogP contribution in [-0.2, 0) is 14.3 Å². The van der Waals surface area contributed by atoms with E-state index in [1.807, 2.05) is 13.8 Å². The molecule has 1 heterocycles. The van der Waals surface area contributed by atoms with Gasteiger partial charge in [0.05, 0.1) is 6.10 Å². The van der Waals surface area contributed by atoms with Gasteiger partial charge < -0.3 is 20.1 Å². The summed E-state index contributed by atoms with van der Waals surface area (Å²) >= 11 is 0. The molecule has 0 aromatic heterocycles. The summed E-state index contributed by atoms with van der Waals surface area (Å²) in [5.74, 6) is -0.258. The Morgan fingerprint density at radius 2 is 2.04 bits per heavy atom. The second-order valence-corrected chi connectivity index (χ2v) is 6.10. The van der Waals surface area contributed by atoms with E-state index in [0.29, 0.717) is 31.0 Å². The Balaban J connectivity index is 1.74. The lowest BCUT2D eigenvalue weighted by Gasteiger charge is -2.11. The van der Waals surface area contributed by atoms with E-state index in [1.165, 1.54) is 0 Å². The minimum absolute atomic E-state index is 0.128. The number of carbonyl (C=O) groups excluding carboxylic acids is 2. The van der Waals surface area contributed by atoms with Gasteiger partial charge in [0.1, 0.15) is 6.10 Å². The van der Waals surface area contributed by atoms with Crippen molar-refractivity contribution >= 4 is 17.5 Å². The van der Waals surface area contributed by atoms with Crippen LogP contribution in [0.5, 0.6) is 0 Å². The Labute approximate surface area is 142 Å². The number of anilines is 1. The second kappa shape index (κ2) is 9.39. The highest BCUT2D eigenvalue weighted by molar-refractivity contribution is 5.96. The fourth-order valence-corrected chi connectivity index (χ4v) is 2.41. The van der Waals surface area contributed by atoms with Crippen molar-refractivity contribution in [2.75, 3.05) is 25.1 Å². The normalized spacial score (nSPS) is 17.0. The van der Waals surface area contributed by atoms with Crippen LogP contribution >= 0.6 is 0 Å². The summed E-state index contributed by atoms with van der Waals surface area (Å²) < 4.78 is 10.8. The summed E-state index contributed by atoms with van der Waals surface area (Å²) in [5, 5.41) is 5.66. The van der Waals surface area contributed by atoms with E-state index in [9.17, 15) is 9.59 Å². The smallest absolute Gasteiger partial charge is 0.253 e. The first-order valence-electron chi connectivity index (χ1n) is 8.48. The molecule has 1 aromatic carbocycles.